The molecule has 6 heteroatoms. The summed E-state index contributed by atoms with van der Waals surface area (Å²) in [6.07, 6.45) is 3.89. The van der Waals surface area contributed by atoms with Crippen molar-refractivity contribution in [1.82, 2.24) is 10.3 Å². The molecule has 0 aromatic carbocycles. The van der Waals surface area contributed by atoms with E-state index in [4.69, 9.17) is 0 Å². The maximum Gasteiger partial charge on any atom is 0.321 e. The number of hydrogen-bond acceptors (Lipinski definition) is 4. The molecule has 21 heavy (non-hydrogen) atoms. The van der Waals surface area contributed by atoms with Gasteiger partial charge in [-0.05, 0) is 37.5 Å². The van der Waals surface area contributed by atoms with Crippen molar-refractivity contribution in [3.63, 3.8) is 0 Å². The highest BCUT2D eigenvalue weighted by molar-refractivity contribution is 7.13. The van der Waals surface area contributed by atoms with E-state index in [-0.39, 0.29) is 23.6 Å². The lowest BCUT2D eigenvalue weighted by atomic mass is 9.91. The minimum Gasteiger partial charge on any atom is -0.393 e. The van der Waals surface area contributed by atoms with Crippen LogP contribution in [-0.2, 0) is 6.42 Å². The summed E-state index contributed by atoms with van der Waals surface area (Å²) in [5, 5.41) is 17.8. The Morgan fingerprint density at radius 1 is 1.38 bits per heavy atom. The van der Waals surface area contributed by atoms with E-state index in [1.165, 1.54) is 11.3 Å². The highest BCUT2D eigenvalue weighted by Gasteiger charge is 2.21. The summed E-state index contributed by atoms with van der Waals surface area (Å²) in [5.74, 6) is 0. The number of thiazole rings is 1. The summed E-state index contributed by atoms with van der Waals surface area (Å²) in [6, 6.07) is -0.0459. The number of anilines is 1. The lowest BCUT2D eigenvalue weighted by Gasteiger charge is -2.25. The molecule has 1 fully saturated rings. The van der Waals surface area contributed by atoms with Crippen molar-refractivity contribution in [2.75, 3.05) is 5.32 Å². The van der Waals surface area contributed by atoms with Crippen LogP contribution >= 0.6 is 11.3 Å². The van der Waals surface area contributed by atoms with Gasteiger partial charge in [0.15, 0.2) is 5.13 Å². The Labute approximate surface area is 130 Å². The number of aliphatic hydroxyl groups excluding tert-OH is 1. The first-order valence-electron chi connectivity index (χ1n) is 7.52. The van der Waals surface area contributed by atoms with Crippen LogP contribution in [-0.4, -0.2) is 28.3 Å². The maximum atomic E-state index is 11.9. The first-order valence-corrected chi connectivity index (χ1v) is 8.40. The second-order valence-electron chi connectivity index (χ2n) is 6.99. The summed E-state index contributed by atoms with van der Waals surface area (Å²) >= 11 is 1.46. The van der Waals surface area contributed by atoms with Crippen molar-refractivity contribution in [1.29, 1.82) is 0 Å². The van der Waals surface area contributed by atoms with E-state index in [0.717, 1.165) is 37.8 Å². The Balaban J connectivity index is 1.80. The number of urea groups is 1. The molecule has 0 saturated heterocycles. The van der Waals surface area contributed by atoms with Gasteiger partial charge in [0, 0.05) is 11.4 Å². The van der Waals surface area contributed by atoms with E-state index in [9.17, 15) is 9.90 Å². The van der Waals surface area contributed by atoms with Gasteiger partial charge in [-0.25, -0.2) is 9.78 Å². The Morgan fingerprint density at radius 3 is 2.67 bits per heavy atom. The molecule has 1 aromatic heterocycles. The van der Waals surface area contributed by atoms with Gasteiger partial charge in [-0.3, -0.25) is 5.32 Å². The summed E-state index contributed by atoms with van der Waals surface area (Å²) in [5.41, 5.74) is 1.21. The van der Waals surface area contributed by atoms with E-state index in [1.807, 2.05) is 5.38 Å². The molecular formula is C15H25N3O2S. The average Bonchev–Trinajstić information content (AvgIpc) is 2.77. The molecule has 0 radical (unpaired) electrons. The molecule has 1 heterocycles. The zero-order chi connectivity index (χ0) is 15.5. The first kappa shape index (κ1) is 16.2. The predicted octanol–water partition coefficient (Wildman–Crippen LogP) is 3.16. The molecule has 118 valence electrons. The van der Waals surface area contributed by atoms with Crippen LogP contribution in [0.2, 0.25) is 0 Å². The van der Waals surface area contributed by atoms with Crippen LogP contribution in [0.15, 0.2) is 5.38 Å². The van der Waals surface area contributed by atoms with Crippen LogP contribution in [0.3, 0.4) is 0 Å². The third kappa shape index (κ3) is 5.63. The fourth-order valence-electron chi connectivity index (χ4n) is 2.53. The molecule has 1 aliphatic carbocycles. The van der Waals surface area contributed by atoms with Gasteiger partial charge in [0.2, 0.25) is 0 Å². The summed E-state index contributed by atoms with van der Waals surface area (Å²) in [7, 11) is 0. The van der Waals surface area contributed by atoms with E-state index in [0.29, 0.717) is 5.13 Å². The Morgan fingerprint density at radius 2 is 2.05 bits per heavy atom. The number of amides is 2. The first-order chi connectivity index (χ1) is 9.82. The van der Waals surface area contributed by atoms with Crippen LogP contribution in [0, 0.1) is 5.41 Å². The molecule has 2 rings (SSSR count). The number of hydrogen-bond donors (Lipinski definition) is 3. The van der Waals surface area contributed by atoms with Crippen molar-refractivity contribution in [3.8, 4) is 0 Å². The molecule has 0 aliphatic heterocycles. The van der Waals surface area contributed by atoms with Crippen LogP contribution in [0.25, 0.3) is 0 Å². The molecule has 1 aliphatic rings. The molecule has 5 nitrogen and oxygen atoms in total. The lowest BCUT2D eigenvalue weighted by molar-refractivity contribution is 0.118. The second-order valence-corrected chi connectivity index (χ2v) is 7.84. The molecule has 1 aromatic rings. The highest BCUT2D eigenvalue weighted by Crippen LogP contribution is 2.24. The van der Waals surface area contributed by atoms with E-state index in [1.54, 1.807) is 0 Å². The molecule has 0 unspecified atom stereocenters. The van der Waals surface area contributed by atoms with Crippen molar-refractivity contribution in [2.45, 2.75) is 65.0 Å². The topological polar surface area (TPSA) is 74.2 Å². The van der Waals surface area contributed by atoms with Crippen LogP contribution < -0.4 is 10.6 Å². The van der Waals surface area contributed by atoms with Crippen LogP contribution in [0.5, 0.6) is 0 Å². The van der Waals surface area contributed by atoms with Crippen LogP contribution in [0.4, 0.5) is 9.93 Å². The standard InChI is InChI=1S/C15H25N3O2S/c1-15(2,3)8-11-9-21-14(17-11)18-13(20)16-10-4-6-12(19)7-5-10/h9-10,12,19H,4-8H2,1-3H3,(H2,16,17,18,20). The second kappa shape index (κ2) is 6.75. The molecule has 0 atom stereocenters. The molecule has 2 amide bonds. The Hall–Kier alpha value is -1.14. The van der Waals surface area contributed by atoms with Gasteiger partial charge in [-0.2, -0.15) is 0 Å². The number of nitrogens with one attached hydrogen (secondary N) is 2. The number of carbonyl (C=O) groups excluding carboxylic acids is 1. The SMILES string of the molecule is CC(C)(C)Cc1csc(NC(=O)NC2CCC(O)CC2)n1. The number of aliphatic hydroxyl groups is 1. The Bertz CT molecular complexity index is 474. The van der Waals surface area contributed by atoms with Gasteiger partial charge in [0.1, 0.15) is 0 Å². The van der Waals surface area contributed by atoms with Gasteiger partial charge in [0.05, 0.1) is 11.8 Å². The molecule has 1 saturated carbocycles. The lowest BCUT2D eigenvalue weighted by Crippen LogP contribution is -2.40. The van der Waals surface area contributed by atoms with Crippen molar-refractivity contribution >= 4 is 22.5 Å². The van der Waals surface area contributed by atoms with Crippen molar-refractivity contribution in [3.05, 3.63) is 11.1 Å². The number of aromatic nitrogens is 1. The number of carbonyl (C=O) groups is 1. The zero-order valence-corrected chi connectivity index (χ0v) is 13.8. The zero-order valence-electron chi connectivity index (χ0n) is 13.0. The minimum absolute atomic E-state index is 0.155. The molecule has 0 bridgehead atoms. The van der Waals surface area contributed by atoms with Crippen molar-refractivity contribution < 1.29 is 9.90 Å². The largest absolute Gasteiger partial charge is 0.393 e. The molecular weight excluding hydrogens is 286 g/mol. The summed E-state index contributed by atoms with van der Waals surface area (Å²) in [4.78, 5) is 16.4. The fraction of sp³-hybridized carbons (Fsp3) is 0.733. The fourth-order valence-corrected chi connectivity index (χ4v) is 3.23. The van der Waals surface area contributed by atoms with Gasteiger partial charge in [-0.15, -0.1) is 11.3 Å². The molecule has 0 spiro atoms. The van der Waals surface area contributed by atoms with Gasteiger partial charge in [-0.1, -0.05) is 20.8 Å². The van der Waals surface area contributed by atoms with E-state index < -0.39 is 0 Å². The number of rotatable bonds is 3. The van der Waals surface area contributed by atoms with E-state index >= 15 is 0 Å². The molecule has 3 N–H and O–H groups in total. The van der Waals surface area contributed by atoms with Crippen LogP contribution in [0.1, 0.15) is 52.1 Å². The maximum absolute atomic E-state index is 11.9. The van der Waals surface area contributed by atoms with Gasteiger partial charge < -0.3 is 10.4 Å². The van der Waals surface area contributed by atoms with Crippen molar-refractivity contribution in [2.24, 2.45) is 5.41 Å². The summed E-state index contributed by atoms with van der Waals surface area (Å²) < 4.78 is 0. The average molecular weight is 311 g/mol. The normalized spacial score (nSPS) is 22.9. The van der Waals surface area contributed by atoms with Gasteiger partial charge in [0.25, 0.3) is 0 Å². The monoisotopic (exact) mass is 311 g/mol. The third-order valence-electron chi connectivity index (χ3n) is 3.52. The minimum atomic E-state index is -0.204. The predicted molar refractivity (Wildman–Crippen MR) is 85.7 cm³/mol. The van der Waals surface area contributed by atoms with E-state index in [2.05, 4.69) is 36.4 Å². The highest BCUT2D eigenvalue weighted by atomic mass is 32.1. The summed E-state index contributed by atoms with van der Waals surface area (Å²) in [6.45, 7) is 6.51. The van der Waals surface area contributed by atoms with Gasteiger partial charge >= 0.3 is 6.03 Å². The smallest absolute Gasteiger partial charge is 0.321 e. The Kier molecular flexibility index (Phi) is 5.22. The third-order valence-corrected chi connectivity index (χ3v) is 4.32. The number of nitrogens with zero attached hydrogens (tertiary/aromatic N) is 1. The quantitative estimate of drug-likeness (QED) is 0.802.